The maximum Gasteiger partial charge on any atom is 0.263 e. The molecule has 0 aliphatic heterocycles. The molecule has 0 atom stereocenters. The summed E-state index contributed by atoms with van der Waals surface area (Å²) in [6.45, 7) is 4.12. The highest BCUT2D eigenvalue weighted by Crippen LogP contribution is 2.25. The number of carbonyl (C=O) groups is 1. The largest absolute Gasteiger partial charge is 0.346 e. The van der Waals surface area contributed by atoms with E-state index in [1.165, 1.54) is 17.4 Å². The highest BCUT2D eigenvalue weighted by molar-refractivity contribution is 7.93. The van der Waals surface area contributed by atoms with Crippen molar-refractivity contribution in [1.29, 1.82) is 0 Å². The summed E-state index contributed by atoms with van der Waals surface area (Å²) >= 11 is 2.58. The Hall–Kier alpha value is -2.23. The van der Waals surface area contributed by atoms with Crippen molar-refractivity contribution in [3.8, 4) is 0 Å². The zero-order valence-electron chi connectivity index (χ0n) is 14.1. The number of thiazole rings is 1. The molecule has 3 rings (SSSR count). The monoisotopic (exact) mass is 407 g/mol. The van der Waals surface area contributed by atoms with E-state index in [1.807, 2.05) is 26.0 Å². The van der Waals surface area contributed by atoms with E-state index in [1.54, 1.807) is 23.7 Å². The van der Waals surface area contributed by atoms with E-state index in [0.717, 1.165) is 26.8 Å². The number of nitrogens with zero attached hydrogens (tertiary/aromatic N) is 1. The molecule has 0 radical (unpaired) electrons. The molecule has 3 aromatic rings. The summed E-state index contributed by atoms with van der Waals surface area (Å²) in [5.41, 5.74) is 1.48. The third-order valence-electron chi connectivity index (χ3n) is 3.52. The Morgan fingerprint density at radius 1 is 1.15 bits per heavy atom. The molecule has 26 heavy (non-hydrogen) atoms. The summed E-state index contributed by atoms with van der Waals surface area (Å²) in [7, 11) is -3.85. The van der Waals surface area contributed by atoms with Gasteiger partial charge in [-0.15, -0.1) is 22.7 Å². The van der Waals surface area contributed by atoms with Crippen molar-refractivity contribution in [1.82, 2.24) is 10.3 Å². The second kappa shape index (κ2) is 7.56. The first-order valence-electron chi connectivity index (χ1n) is 7.71. The van der Waals surface area contributed by atoms with Gasteiger partial charge < -0.3 is 5.32 Å². The number of rotatable bonds is 6. The van der Waals surface area contributed by atoms with Gasteiger partial charge in [-0.1, -0.05) is 17.7 Å². The van der Waals surface area contributed by atoms with Crippen LogP contribution in [0.3, 0.4) is 0 Å². The molecule has 2 heterocycles. The van der Waals surface area contributed by atoms with Crippen LogP contribution >= 0.6 is 22.7 Å². The predicted octanol–water partition coefficient (Wildman–Crippen LogP) is 3.55. The average molecular weight is 408 g/mol. The van der Waals surface area contributed by atoms with Crippen LogP contribution < -0.4 is 10.0 Å². The number of aryl methyl sites for hydroxylation is 2. The average Bonchev–Trinajstić information content (AvgIpc) is 3.24. The first-order chi connectivity index (χ1) is 12.3. The van der Waals surface area contributed by atoms with Crippen LogP contribution in [0.5, 0.6) is 0 Å². The van der Waals surface area contributed by atoms with Crippen molar-refractivity contribution in [3.05, 3.63) is 62.2 Å². The number of anilines is 1. The van der Waals surface area contributed by atoms with E-state index in [-0.39, 0.29) is 9.77 Å². The molecule has 0 fully saturated rings. The lowest BCUT2D eigenvalue weighted by molar-refractivity contribution is 0.0952. The van der Waals surface area contributed by atoms with E-state index >= 15 is 0 Å². The third kappa shape index (κ3) is 4.29. The molecular formula is C17H17N3O3S3. The standard InChI is InChI=1S/C17H17N3O3S3/c1-11-3-5-13(6-4-11)20-26(22,23)15-7-8-24-16(15)17(21)19-10-14-9-18-12(2)25-14/h3-9,20H,10H2,1-2H3,(H,19,21). The van der Waals surface area contributed by atoms with E-state index in [4.69, 9.17) is 0 Å². The van der Waals surface area contributed by atoms with Crippen LogP contribution in [0, 0.1) is 13.8 Å². The zero-order chi connectivity index (χ0) is 18.7. The van der Waals surface area contributed by atoms with Gasteiger partial charge in [-0.3, -0.25) is 9.52 Å². The second-order valence-electron chi connectivity index (χ2n) is 5.61. The fourth-order valence-electron chi connectivity index (χ4n) is 2.24. The Morgan fingerprint density at radius 2 is 1.88 bits per heavy atom. The predicted molar refractivity (Wildman–Crippen MR) is 104 cm³/mol. The van der Waals surface area contributed by atoms with Gasteiger partial charge in [0.1, 0.15) is 9.77 Å². The minimum Gasteiger partial charge on any atom is -0.346 e. The Morgan fingerprint density at radius 3 is 2.54 bits per heavy atom. The van der Waals surface area contributed by atoms with Gasteiger partial charge in [0.05, 0.1) is 11.6 Å². The number of nitrogens with one attached hydrogen (secondary N) is 2. The fraction of sp³-hybridized carbons (Fsp3) is 0.176. The van der Waals surface area contributed by atoms with Gasteiger partial charge in [0.2, 0.25) is 0 Å². The molecule has 0 unspecified atom stereocenters. The van der Waals surface area contributed by atoms with Crippen molar-refractivity contribution in [2.45, 2.75) is 25.3 Å². The summed E-state index contributed by atoms with van der Waals surface area (Å²) in [5.74, 6) is -0.421. The zero-order valence-corrected chi connectivity index (χ0v) is 16.6. The molecular weight excluding hydrogens is 390 g/mol. The van der Waals surface area contributed by atoms with Crippen LogP contribution in [0.4, 0.5) is 5.69 Å². The van der Waals surface area contributed by atoms with Gasteiger partial charge in [0, 0.05) is 16.8 Å². The molecule has 2 N–H and O–H groups in total. The third-order valence-corrected chi connectivity index (χ3v) is 6.90. The Kier molecular flexibility index (Phi) is 5.40. The second-order valence-corrected chi connectivity index (χ2v) is 9.50. The number of sulfonamides is 1. The van der Waals surface area contributed by atoms with Gasteiger partial charge >= 0.3 is 0 Å². The molecule has 0 saturated carbocycles. The molecule has 136 valence electrons. The molecule has 6 nitrogen and oxygen atoms in total. The molecule has 1 aromatic carbocycles. The molecule has 0 aliphatic carbocycles. The van der Waals surface area contributed by atoms with Gasteiger partial charge in [-0.25, -0.2) is 13.4 Å². The number of hydrogen-bond acceptors (Lipinski definition) is 6. The highest BCUT2D eigenvalue weighted by atomic mass is 32.2. The van der Waals surface area contributed by atoms with Crippen LogP contribution in [0.2, 0.25) is 0 Å². The Balaban J connectivity index is 1.75. The maximum atomic E-state index is 12.7. The van der Waals surface area contributed by atoms with Gasteiger partial charge in [0.15, 0.2) is 0 Å². The Labute approximate surface area is 160 Å². The van der Waals surface area contributed by atoms with Gasteiger partial charge in [-0.05, 0) is 37.4 Å². The Bertz CT molecular complexity index is 1020. The number of amides is 1. The van der Waals surface area contributed by atoms with Crippen LogP contribution in [-0.2, 0) is 16.6 Å². The van der Waals surface area contributed by atoms with Crippen molar-refractivity contribution in [2.24, 2.45) is 0 Å². The minimum atomic E-state index is -3.85. The summed E-state index contributed by atoms with van der Waals surface area (Å²) in [6, 6.07) is 8.44. The topological polar surface area (TPSA) is 88.2 Å². The fourth-order valence-corrected chi connectivity index (χ4v) is 5.38. The lowest BCUT2D eigenvalue weighted by Crippen LogP contribution is -2.24. The van der Waals surface area contributed by atoms with Gasteiger partial charge in [0.25, 0.3) is 15.9 Å². The minimum absolute atomic E-state index is 0.0268. The van der Waals surface area contributed by atoms with Gasteiger partial charge in [-0.2, -0.15) is 0 Å². The van der Waals surface area contributed by atoms with Crippen molar-refractivity contribution < 1.29 is 13.2 Å². The van der Waals surface area contributed by atoms with Crippen molar-refractivity contribution in [2.75, 3.05) is 4.72 Å². The molecule has 0 spiro atoms. The van der Waals surface area contributed by atoms with Crippen molar-refractivity contribution in [3.63, 3.8) is 0 Å². The number of hydrogen-bond donors (Lipinski definition) is 2. The van der Waals surface area contributed by atoms with Crippen LogP contribution in [-0.4, -0.2) is 19.3 Å². The maximum absolute atomic E-state index is 12.7. The van der Waals surface area contributed by atoms with E-state index < -0.39 is 15.9 Å². The van der Waals surface area contributed by atoms with Crippen molar-refractivity contribution >= 4 is 44.3 Å². The van der Waals surface area contributed by atoms with Crippen LogP contribution in [0.15, 0.2) is 46.8 Å². The number of thiophene rings is 1. The van der Waals surface area contributed by atoms with E-state index in [9.17, 15) is 13.2 Å². The molecule has 0 bridgehead atoms. The molecule has 0 aliphatic rings. The SMILES string of the molecule is Cc1ccc(NS(=O)(=O)c2ccsc2C(=O)NCc2cnc(C)s2)cc1. The van der Waals surface area contributed by atoms with Crippen LogP contribution in [0.25, 0.3) is 0 Å². The normalized spacial score (nSPS) is 11.3. The summed E-state index contributed by atoms with van der Waals surface area (Å²) in [5, 5.41) is 5.25. The number of carbonyl (C=O) groups excluding carboxylic acids is 1. The highest BCUT2D eigenvalue weighted by Gasteiger charge is 2.24. The lowest BCUT2D eigenvalue weighted by atomic mass is 10.2. The molecule has 1 amide bonds. The van der Waals surface area contributed by atoms with E-state index in [2.05, 4.69) is 15.0 Å². The molecule has 9 heteroatoms. The smallest absolute Gasteiger partial charge is 0.263 e. The quantitative estimate of drug-likeness (QED) is 0.654. The summed E-state index contributed by atoms with van der Waals surface area (Å²) < 4.78 is 27.8. The number of aromatic nitrogens is 1. The first kappa shape index (κ1) is 18.6. The summed E-state index contributed by atoms with van der Waals surface area (Å²) in [6.07, 6.45) is 1.70. The summed E-state index contributed by atoms with van der Waals surface area (Å²) in [4.78, 5) is 17.6. The van der Waals surface area contributed by atoms with E-state index in [0.29, 0.717) is 12.2 Å². The van der Waals surface area contributed by atoms with Crippen LogP contribution in [0.1, 0.15) is 25.1 Å². The molecule has 2 aromatic heterocycles. The first-order valence-corrected chi connectivity index (χ1v) is 10.9. The lowest BCUT2D eigenvalue weighted by Gasteiger charge is -2.09. The number of benzene rings is 1. The molecule has 0 saturated heterocycles.